The number of sulfonamides is 1. The summed E-state index contributed by atoms with van der Waals surface area (Å²) in [6.45, 7) is 3.09. The largest absolute Gasteiger partial charge is 0.354 e. The molecule has 1 N–H and O–H groups in total. The van der Waals surface area contributed by atoms with Crippen molar-refractivity contribution in [2.24, 2.45) is 0 Å². The molecule has 2 amide bonds. The molecule has 2 aromatic carbocycles. The predicted molar refractivity (Wildman–Crippen MR) is 135 cm³/mol. The number of nitrogens with one attached hydrogen (secondary N) is 1. The third-order valence-corrected chi connectivity index (χ3v) is 6.94. The fourth-order valence-corrected chi connectivity index (χ4v) is 4.35. The fraction of sp³-hybridized carbons (Fsp3) is 0.364. The Morgan fingerprint density at radius 3 is 2.40 bits per heavy atom. The van der Waals surface area contributed by atoms with Crippen molar-refractivity contribution in [3.05, 3.63) is 68.2 Å². The molecular formula is C22H26Cl2N4O6S. The van der Waals surface area contributed by atoms with E-state index >= 15 is 0 Å². The van der Waals surface area contributed by atoms with Gasteiger partial charge in [-0.2, -0.15) is 0 Å². The summed E-state index contributed by atoms with van der Waals surface area (Å²) >= 11 is 12.1. The molecule has 0 bridgehead atoms. The minimum absolute atomic E-state index is 0.0485. The molecule has 190 valence electrons. The third-order valence-electron chi connectivity index (χ3n) is 5.06. The van der Waals surface area contributed by atoms with Crippen LogP contribution in [-0.2, 0) is 26.2 Å². The van der Waals surface area contributed by atoms with E-state index in [9.17, 15) is 28.1 Å². The molecule has 0 aliphatic heterocycles. The van der Waals surface area contributed by atoms with Crippen molar-refractivity contribution in [2.45, 2.75) is 32.9 Å². The molecule has 1 atom stereocenters. The highest BCUT2D eigenvalue weighted by Crippen LogP contribution is 2.25. The molecule has 0 aromatic heterocycles. The van der Waals surface area contributed by atoms with Crippen LogP contribution in [0.2, 0.25) is 10.0 Å². The number of nitro groups is 1. The fourth-order valence-electron chi connectivity index (χ4n) is 3.19. The van der Waals surface area contributed by atoms with Crippen LogP contribution in [0.5, 0.6) is 0 Å². The van der Waals surface area contributed by atoms with Gasteiger partial charge in [0.2, 0.25) is 21.8 Å². The SMILES string of the molecule is CCCNC(=O)[C@H](C)N(Cc1ccc(Cl)c(Cl)c1)C(=O)CN(c1cccc([N+](=O)[O-])c1)S(C)(=O)=O. The van der Waals surface area contributed by atoms with Crippen LogP contribution in [-0.4, -0.2) is 55.4 Å². The summed E-state index contributed by atoms with van der Waals surface area (Å²) < 4.78 is 25.8. The smallest absolute Gasteiger partial charge is 0.271 e. The van der Waals surface area contributed by atoms with Gasteiger partial charge in [-0.05, 0) is 37.1 Å². The standard InChI is InChI=1S/C22H26Cl2N4O6S/c1-4-10-25-22(30)15(2)26(13-16-8-9-19(23)20(24)11-16)21(29)14-27(35(3,33)34)17-6-5-7-18(12-17)28(31)32/h5-9,11-12,15H,4,10,13-14H2,1-3H3,(H,25,30)/t15-/m0/s1. The molecule has 0 saturated carbocycles. The van der Waals surface area contributed by atoms with E-state index in [0.29, 0.717) is 23.6 Å². The average molecular weight is 545 g/mol. The number of anilines is 1. The van der Waals surface area contributed by atoms with E-state index in [1.165, 1.54) is 30.0 Å². The first-order valence-electron chi connectivity index (χ1n) is 10.6. The minimum Gasteiger partial charge on any atom is -0.354 e. The van der Waals surface area contributed by atoms with Crippen molar-refractivity contribution in [3.63, 3.8) is 0 Å². The van der Waals surface area contributed by atoms with Gasteiger partial charge in [-0.15, -0.1) is 0 Å². The van der Waals surface area contributed by atoms with Crippen LogP contribution >= 0.6 is 23.2 Å². The molecule has 2 aromatic rings. The lowest BCUT2D eigenvalue weighted by Gasteiger charge is -2.31. The van der Waals surface area contributed by atoms with Crippen molar-refractivity contribution in [1.82, 2.24) is 10.2 Å². The van der Waals surface area contributed by atoms with E-state index in [1.54, 1.807) is 18.2 Å². The summed E-state index contributed by atoms with van der Waals surface area (Å²) in [6, 6.07) is 8.74. The first kappa shape index (κ1) is 28.3. The van der Waals surface area contributed by atoms with Crippen LogP contribution in [0.1, 0.15) is 25.8 Å². The molecule has 0 fully saturated rings. The molecule has 2 rings (SSSR count). The van der Waals surface area contributed by atoms with E-state index in [-0.39, 0.29) is 22.9 Å². The third kappa shape index (κ3) is 7.81. The normalized spacial score (nSPS) is 12.0. The zero-order chi connectivity index (χ0) is 26.3. The maximum atomic E-state index is 13.4. The summed E-state index contributed by atoms with van der Waals surface area (Å²) in [4.78, 5) is 37.8. The highest BCUT2D eigenvalue weighted by molar-refractivity contribution is 7.92. The first-order chi connectivity index (χ1) is 16.3. The molecule has 0 unspecified atom stereocenters. The van der Waals surface area contributed by atoms with Gasteiger partial charge in [0, 0.05) is 25.2 Å². The van der Waals surface area contributed by atoms with E-state index in [2.05, 4.69) is 5.32 Å². The number of nitrogens with zero attached hydrogens (tertiary/aromatic N) is 3. The van der Waals surface area contributed by atoms with Crippen molar-refractivity contribution < 1.29 is 22.9 Å². The summed E-state index contributed by atoms with van der Waals surface area (Å²) in [5.41, 5.74) is 0.195. The van der Waals surface area contributed by atoms with Gasteiger partial charge in [0.05, 0.1) is 26.9 Å². The Balaban J connectivity index is 2.43. The molecule has 0 spiro atoms. The lowest BCUT2D eigenvalue weighted by molar-refractivity contribution is -0.384. The van der Waals surface area contributed by atoms with Crippen LogP contribution < -0.4 is 9.62 Å². The second-order valence-corrected chi connectivity index (χ2v) is 10.5. The van der Waals surface area contributed by atoms with Crippen molar-refractivity contribution in [1.29, 1.82) is 0 Å². The van der Waals surface area contributed by atoms with Crippen molar-refractivity contribution in [2.75, 3.05) is 23.7 Å². The Labute approximate surface area is 214 Å². The predicted octanol–water partition coefficient (Wildman–Crippen LogP) is 3.61. The zero-order valence-electron chi connectivity index (χ0n) is 19.4. The summed E-state index contributed by atoms with van der Waals surface area (Å²) in [7, 11) is -4.01. The quantitative estimate of drug-likeness (QED) is 0.339. The van der Waals surface area contributed by atoms with E-state index < -0.39 is 39.3 Å². The van der Waals surface area contributed by atoms with Crippen LogP contribution in [0, 0.1) is 10.1 Å². The molecule has 10 nitrogen and oxygen atoms in total. The number of rotatable bonds is 11. The van der Waals surface area contributed by atoms with Crippen LogP contribution in [0.25, 0.3) is 0 Å². The van der Waals surface area contributed by atoms with Gasteiger partial charge >= 0.3 is 0 Å². The van der Waals surface area contributed by atoms with Crippen LogP contribution in [0.3, 0.4) is 0 Å². The van der Waals surface area contributed by atoms with E-state index in [0.717, 1.165) is 16.6 Å². The number of benzene rings is 2. The summed E-state index contributed by atoms with van der Waals surface area (Å²) in [5, 5.41) is 14.5. The number of carbonyl (C=O) groups excluding carboxylic acids is 2. The maximum Gasteiger partial charge on any atom is 0.271 e. The summed E-state index contributed by atoms with van der Waals surface area (Å²) in [5.74, 6) is -1.10. The highest BCUT2D eigenvalue weighted by Gasteiger charge is 2.30. The highest BCUT2D eigenvalue weighted by atomic mass is 35.5. The maximum absolute atomic E-state index is 13.4. The Bertz CT molecular complexity index is 1210. The van der Waals surface area contributed by atoms with E-state index in [1.807, 2.05) is 6.92 Å². The molecule has 35 heavy (non-hydrogen) atoms. The number of nitro benzene ring substituents is 1. The monoisotopic (exact) mass is 544 g/mol. The first-order valence-corrected chi connectivity index (χ1v) is 13.2. The van der Waals surface area contributed by atoms with Gasteiger partial charge < -0.3 is 10.2 Å². The molecule has 0 radical (unpaired) electrons. The van der Waals surface area contributed by atoms with Gasteiger partial charge in [-0.3, -0.25) is 24.0 Å². The molecule has 0 aliphatic carbocycles. The second kappa shape index (κ2) is 12.2. The lowest BCUT2D eigenvalue weighted by atomic mass is 10.1. The Kier molecular flexibility index (Phi) is 9.87. The van der Waals surface area contributed by atoms with Crippen molar-refractivity contribution >= 4 is 56.4 Å². The number of hydrogen-bond donors (Lipinski definition) is 1. The minimum atomic E-state index is -4.01. The molecule has 0 heterocycles. The topological polar surface area (TPSA) is 130 Å². The van der Waals surface area contributed by atoms with Gasteiger partial charge in [-0.1, -0.05) is 42.3 Å². The number of carbonyl (C=O) groups is 2. The molecule has 0 saturated heterocycles. The Morgan fingerprint density at radius 2 is 1.83 bits per heavy atom. The van der Waals surface area contributed by atoms with Crippen LogP contribution in [0.15, 0.2) is 42.5 Å². The molecule has 13 heteroatoms. The van der Waals surface area contributed by atoms with Crippen molar-refractivity contribution in [3.8, 4) is 0 Å². The molecular weight excluding hydrogens is 519 g/mol. The summed E-state index contributed by atoms with van der Waals surface area (Å²) in [6.07, 6.45) is 1.58. The van der Waals surface area contributed by atoms with Gasteiger partial charge in [-0.25, -0.2) is 8.42 Å². The van der Waals surface area contributed by atoms with Gasteiger partial charge in [0.25, 0.3) is 5.69 Å². The van der Waals surface area contributed by atoms with Gasteiger partial charge in [0.15, 0.2) is 0 Å². The molecule has 0 aliphatic rings. The van der Waals surface area contributed by atoms with E-state index in [4.69, 9.17) is 23.2 Å². The second-order valence-electron chi connectivity index (χ2n) is 7.78. The Hall–Kier alpha value is -2.89. The number of halogens is 2. The number of non-ortho nitro benzene ring substituents is 1. The van der Waals surface area contributed by atoms with Gasteiger partial charge in [0.1, 0.15) is 12.6 Å². The number of hydrogen-bond acceptors (Lipinski definition) is 6. The Morgan fingerprint density at radius 1 is 1.14 bits per heavy atom. The zero-order valence-corrected chi connectivity index (χ0v) is 21.7. The van der Waals surface area contributed by atoms with Crippen LogP contribution in [0.4, 0.5) is 11.4 Å². The lowest BCUT2D eigenvalue weighted by Crippen LogP contribution is -2.51. The number of amides is 2. The average Bonchev–Trinajstić information content (AvgIpc) is 2.80.